The summed E-state index contributed by atoms with van der Waals surface area (Å²) in [6, 6.07) is 7.58. The van der Waals surface area contributed by atoms with E-state index in [1.807, 2.05) is 24.3 Å². The maximum atomic E-state index is 11.6. The predicted molar refractivity (Wildman–Crippen MR) is 76.5 cm³/mol. The molecule has 0 aliphatic carbocycles. The van der Waals surface area contributed by atoms with Crippen molar-refractivity contribution in [2.24, 2.45) is 0 Å². The molecule has 4 nitrogen and oxygen atoms in total. The second-order valence-corrected chi connectivity index (χ2v) is 6.80. The van der Waals surface area contributed by atoms with Gasteiger partial charge >= 0.3 is 0 Å². The molecule has 1 aliphatic rings. The molecule has 1 heterocycles. The molecule has 0 atom stereocenters. The molecular weight excluding hydrogens is 284 g/mol. The summed E-state index contributed by atoms with van der Waals surface area (Å²) in [5.74, 6) is 1.43. The highest BCUT2D eigenvalue weighted by Crippen LogP contribution is 2.33. The first-order chi connectivity index (χ1) is 9.06. The second-order valence-electron chi connectivity index (χ2n) is 3.93. The highest BCUT2D eigenvalue weighted by atomic mass is 32.2. The van der Waals surface area contributed by atoms with Crippen LogP contribution in [0.3, 0.4) is 0 Å². The van der Waals surface area contributed by atoms with Crippen LogP contribution in [0, 0.1) is 0 Å². The first kappa shape index (κ1) is 14.2. The number of thioether (sulfide) groups is 1. The van der Waals surface area contributed by atoms with E-state index in [1.54, 1.807) is 7.11 Å². The van der Waals surface area contributed by atoms with Crippen LogP contribution in [-0.2, 0) is 15.6 Å². The summed E-state index contributed by atoms with van der Waals surface area (Å²) in [6.07, 6.45) is 1.54. The van der Waals surface area contributed by atoms with Crippen LogP contribution in [0.4, 0.5) is 0 Å². The zero-order valence-corrected chi connectivity index (χ0v) is 12.0. The summed E-state index contributed by atoms with van der Waals surface area (Å²) in [5.41, 5.74) is 1.06. The maximum absolute atomic E-state index is 11.6. The minimum atomic E-state index is -3.39. The van der Waals surface area contributed by atoms with Crippen molar-refractivity contribution in [1.82, 2.24) is 0 Å². The summed E-state index contributed by atoms with van der Waals surface area (Å²) in [5, 5.41) is 10.3. The molecule has 0 spiro atoms. The summed E-state index contributed by atoms with van der Waals surface area (Å²) in [6.45, 7) is -0.458. The Balaban J connectivity index is 2.08. The van der Waals surface area contributed by atoms with E-state index in [-0.39, 0.29) is 4.91 Å². The number of aliphatic hydroxyl groups excluding tert-OH is 1. The molecule has 0 bridgehead atoms. The van der Waals surface area contributed by atoms with Crippen molar-refractivity contribution in [3.63, 3.8) is 0 Å². The van der Waals surface area contributed by atoms with Gasteiger partial charge in [-0.3, -0.25) is 0 Å². The van der Waals surface area contributed by atoms with Gasteiger partial charge in [0.2, 0.25) is 0 Å². The van der Waals surface area contributed by atoms with E-state index in [1.165, 1.54) is 17.8 Å². The van der Waals surface area contributed by atoms with Crippen molar-refractivity contribution in [3.05, 3.63) is 51.1 Å². The van der Waals surface area contributed by atoms with Gasteiger partial charge in [-0.05, 0) is 23.8 Å². The van der Waals surface area contributed by atoms with E-state index in [0.717, 1.165) is 16.7 Å². The number of allylic oxidation sites excluding steroid dienone is 1. The fraction of sp³-hybridized carbons (Fsp3) is 0.231. The molecule has 1 aromatic rings. The van der Waals surface area contributed by atoms with Crippen LogP contribution >= 0.6 is 11.8 Å². The highest BCUT2D eigenvalue weighted by Gasteiger charge is 2.23. The lowest BCUT2D eigenvalue weighted by molar-refractivity contribution is 0.338. The van der Waals surface area contributed by atoms with Crippen molar-refractivity contribution < 1.29 is 18.3 Å². The number of methoxy groups -OCH3 is 1. The Kier molecular flexibility index (Phi) is 4.34. The van der Waals surface area contributed by atoms with Crippen molar-refractivity contribution >= 4 is 21.6 Å². The average Bonchev–Trinajstić information content (AvgIpc) is 2.71. The molecule has 102 valence electrons. The Morgan fingerprint density at radius 1 is 1.26 bits per heavy atom. The molecule has 1 N–H and O–H groups in total. The number of hydrogen-bond donors (Lipinski definition) is 1. The van der Waals surface area contributed by atoms with Gasteiger partial charge in [-0.2, -0.15) is 0 Å². The quantitative estimate of drug-likeness (QED) is 0.901. The smallest absolute Gasteiger partial charge is 0.199 e. The molecule has 0 radical (unpaired) electrons. The SMILES string of the molecule is COc1ccc(CSC2=C(CO)S(=O)(=O)C=C2)cc1. The van der Waals surface area contributed by atoms with Gasteiger partial charge in [0.05, 0.1) is 18.6 Å². The number of aliphatic hydroxyl groups is 1. The Hall–Kier alpha value is -1.24. The molecule has 0 amide bonds. The third kappa shape index (κ3) is 3.20. The zero-order valence-electron chi connectivity index (χ0n) is 10.4. The van der Waals surface area contributed by atoms with Crippen molar-refractivity contribution in [2.75, 3.05) is 13.7 Å². The van der Waals surface area contributed by atoms with Gasteiger partial charge in [-0.25, -0.2) is 8.42 Å². The first-order valence-corrected chi connectivity index (χ1v) is 8.13. The molecule has 0 aromatic heterocycles. The third-order valence-electron chi connectivity index (χ3n) is 2.71. The van der Waals surface area contributed by atoms with Crippen molar-refractivity contribution in [2.45, 2.75) is 5.75 Å². The Morgan fingerprint density at radius 3 is 2.53 bits per heavy atom. The summed E-state index contributed by atoms with van der Waals surface area (Å²) in [7, 11) is -1.79. The molecule has 19 heavy (non-hydrogen) atoms. The fourth-order valence-corrected chi connectivity index (χ4v) is 4.17. The van der Waals surface area contributed by atoms with Crippen LogP contribution in [0.5, 0.6) is 5.75 Å². The van der Waals surface area contributed by atoms with Gasteiger partial charge < -0.3 is 9.84 Å². The standard InChI is InChI=1S/C13H14O4S2/c1-17-11-4-2-10(3-5-11)9-18-12-6-7-19(15,16)13(12)8-14/h2-7,14H,8-9H2,1H3. The van der Waals surface area contributed by atoms with Crippen molar-refractivity contribution in [1.29, 1.82) is 0 Å². The van der Waals surface area contributed by atoms with Gasteiger partial charge in [0.15, 0.2) is 9.84 Å². The van der Waals surface area contributed by atoms with Gasteiger partial charge in [0, 0.05) is 16.1 Å². The van der Waals surface area contributed by atoms with Crippen LogP contribution in [0.2, 0.25) is 0 Å². The van der Waals surface area contributed by atoms with Crippen LogP contribution in [-0.4, -0.2) is 27.2 Å². The van der Waals surface area contributed by atoms with Crippen LogP contribution < -0.4 is 4.74 Å². The van der Waals surface area contributed by atoms with E-state index < -0.39 is 16.4 Å². The lowest BCUT2D eigenvalue weighted by Crippen LogP contribution is -2.01. The summed E-state index contributed by atoms with van der Waals surface area (Å²) >= 11 is 1.40. The normalized spacial score (nSPS) is 16.9. The number of rotatable bonds is 5. The number of benzene rings is 1. The van der Waals surface area contributed by atoms with E-state index in [0.29, 0.717) is 10.7 Å². The van der Waals surface area contributed by atoms with E-state index >= 15 is 0 Å². The Labute approximate surface area is 116 Å². The van der Waals surface area contributed by atoms with E-state index in [4.69, 9.17) is 9.84 Å². The minimum Gasteiger partial charge on any atom is -0.497 e. The number of hydrogen-bond acceptors (Lipinski definition) is 5. The maximum Gasteiger partial charge on any atom is 0.199 e. The van der Waals surface area contributed by atoms with Crippen molar-refractivity contribution in [3.8, 4) is 5.75 Å². The monoisotopic (exact) mass is 298 g/mol. The largest absolute Gasteiger partial charge is 0.497 e. The zero-order chi connectivity index (χ0) is 13.9. The fourth-order valence-electron chi connectivity index (χ4n) is 1.65. The van der Waals surface area contributed by atoms with Crippen LogP contribution in [0.25, 0.3) is 0 Å². The van der Waals surface area contributed by atoms with Crippen LogP contribution in [0.15, 0.2) is 45.6 Å². The summed E-state index contributed by atoms with van der Waals surface area (Å²) in [4.78, 5) is 0.698. The average molecular weight is 298 g/mol. The Bertz CT molecular complexity index is 613. The second kappa shape index (κ2) is 5.81. The molecule has 0 saturated carbocycles. The third-order valence-corrected chi connectivity index (χ3v) is 5.54. The highest BCUT2D eigenvalue weighted by molar-refractivity contribution is 8.05. The number of sulfone groups is 1. The molecular formula is C13H14O4S2. The molecule has 0 unspecified atom stereocenters. The van der Waals surface area contributed by atoms with Gasteiger partial charge in [-0.1, -0.05) is 12.1 Å². The first-order valence-electron chi connectivity index (χ1n) is 5.60. The van der Waals surface area contributed by atoms with Gasteiger partial charge in [0.25, 0.3) is 0 Å². The molecule has 2 rings (SSSR count). The molecule has 1 aliphatic heterocycles. The van der Waals surface area contributed by atoms with Gasteiger partial charge in [-0.15, -0.1) is 11.8 Å². The van der Waals surface area contributed by atoms with Gasteiger partial charge in [0.1, 0.15) is 5.75 Å². The minimum absolute atomic E-state index is 0.0889. The Morgan fingerprint density at radius 2 is 1.95 bits per heavy atom. The topological polar surface area (TPSA) is 63.6 Å². The number of ether oxygens (including phenoxy) is 1. The molecule has 6 heteroatoms. The lowest BCUT2D eigenvalue weighted by atomic mass is 10.2. The molecule has 0 fully saturated rings. The molecule has 0 saturated heterocycles. The van der Waals surface area contributed by atoms with Crippen LogP contribution in [0.1, 0.15) is 5.56 Å². The molecule has 1 aromatic carbocycles. The summed E-state index contributed by atoms with van der Waals surface area (Å²) < 4.78 is 28.2. The van der Waals surface area contributed by atoms with E-state index in [9.17, 15) is 8.42 Å². The van der Waals surface area contributed by atoms with E-state index in [2.05, 4.69) is 0 Å². The lowest BCUT2D eigenvalue weighted by Gasteiger charge is -2.05. The predicted octanol–water partition coefficient (Wildman–Crippen LogP) is 2.07.